The van der Waals surface area contributed by atoms with Gasteiger partial charge in [-0.25, -0.2) is 0 Å². The number of hydrogen-bond acceptors (Lipinski definition) is 3. The molecular formula is C25H43NO3Si. The van der Waals surface area contributed by atoms with Crippen molar-refractivity contribution in [3.63, 3.8) is 0 Å². The standard InChI is InChI=1S/C25H43NO3Si/c1-24(2,3)20-15-14-18(17-22(20)26(27)28)16-21(25(4,5)6)23(29-30(7)8)19-12-10-9-11-13-19/h14-15,17,19,21,23,30H,9-13,16H2,1-8H3. The van der Waals surface area contributed by atoms with Crippen molar-refractivity contribution in [2.75, 3.05) is 0 Å². The number of benzene rings is 1. The van der Waals surface area contributed by atoms with Crippen LogP contribution in [0.1, 0.15) is 84.8 Å². The highest BCUT2D eigenvalue weighted by Gasteiger charge is 2.39. The summed E-state index contributed by atoms with van der Waals surface area (Å²) in [6, 6.07) is 5.90. The first-order chi connectivity index (χ1) is 13.8. The molecule has 1 aliphatic carbocycles. The third kappa shape index (κ3) is 6.65. The van der Waals surface area contributed by atoms with Crippen LogP contribution >= 0.6 is 0 Å². The molecule has 2 unspecified atom stereocenters. The van der Waals surface area contributed by atoms with E-state index in [-0.39, 0.29) is 27.5 Å². The summed E-state index contributed by atoms with van der Waals surface area (Å²) in [5.41, 5.74) is 1.94. The van der Waals surface area contributed by atoms with Gasteiger partial charge in [0.25, 0.3) is 5.69 Å². The lowest BCUT2D eigenvalue weighted by Gasteiger charge is -2.43. The van der Waals surface area contributed by atoms with Crippen molar-refractivity contribution in [3.8, 4) is 0 Å². The molecule has 1 aromatic carbocycles. The van der Waals surface area contributed by atoms with E-state index in [2.05, 4.69) is 39.9 Å². The normalized spacial score (nSPS) is 18.4. The number of hydrogen-bond donors (Lipinski definition) is 0. The fourth-order valence-electron chi connectivity index (χ4n) is 4.97. The predicted octanol–water partition coefficient (Wildman–Crippen LogP) is 7.05. The molecule has 1 saturated carbocycles. The Balaban J connectivity index is 2.42. The van der Waals surface area contributed by atoms with Crippen LogP contribution in [0.15, 0.2) is 18.2 Å². The molecule has 1 aromatic rings. The van der Waals surface area contributed by atoms with Crippen LogP contribution in [0.3, 0.4) is 0 Å². The van der Waals surface area contributed by atoms with Crippen LogP contribution in [0, 0.1) is 27.4 Å². The second-order valence-corrected chi connectivity index (χ2v) is 14.0. The van der Waals surface area contributed by atoms with Crippen LogP contribution in [0.4, 0.5) is 5.69 Å². The lowest BCUT2D eigenvalue weighted by atomic mass is 9.68. The van der Waals surface area contributed by atoms with Crippen molar-refractivity contribution < 1.29 is 9.35 Å². The molecule has 0 bridgehead atoms. The van der Waals surface area contributed by atoms with Gasteiger partial charge in [0.2, 0.25) is 0 Å². The Labute approximate surface area is 185 Å². The van der Waals surface area contributed by atoms with Crippen molar-refractivity contribution in [2.45, 2.75) is 105 Å². The van der Waals surface area contributed by atoms with Gasteiger partial charge < -0.3 is 4.43 Å². The quantitative estimate of drug-likeness (QED) is 0.263. The molecule has 30 heavy (non-hydrogen) atoms. The van der Waals surface area contributed by atoms with Gasteiger partial charge in [0.15, 0.2) is 9.04 Å². The molecule has 0 aromatic heterocycles. The maximum atomic E-state index is 11.8. The summed E-state index contributed by atoms with van der Waals surface area (Å²) in [7, 11) is -1.20. The summed E-state index contributed by atoms with van der Waals surface area (Å²) in [4.78, 5) is 11.6. The van der Waals surface area contributed by atoms with Crippen molar-refractivity contribution >= 4 is 14.7 Å². The van der Waals surface area contributed by atoms with Gasteiger partial charge in [-0.05, 0) is 60.6 Å². The van der Waals surface area contributed by atoms with E-state index in [1.54, 1.807) is 0 Å². The SMILES string of the molecule is C[SiH](C)OC(C1CCCCC1)C(Cc1ccc(C(C)(C)C)c([N+](=O)[O-])c1)C(C)(C)C. The predicted molar refractivity (Wildman–Crippen MR) is 129 cm³/mol. The Morgan fingerprint density at radius 1 is 1.10 bits per heavy atom. The minimum atomic E-state index is -1.20. The van der Waals surface area contributed by atoms with Crippen LogP contribution in [-0.2, 0) is 16.3 Å². The fourth-order valence-corrected chi connectivity index (χ4v) is 6.01. The van der Waals surface area contributed by atoms with Gasteiger partial charge in [0.1, 0.15) is 0 Å². The lowest BCUT2D eigenvalue weighted by molar-refractivity contribution is -0.386. The van der Waals surface area contributed by atoms with Crippen molar-refractivity contribution in [3.05, 3.63) is 39.4 Å². The van der Waals surface area contributed by atoms with E-state index in [1.165, 1.54) is 32.1 Å². The minimum absolute atomic E-state index is 0.0723. The third-order valence-electron chi connectivity index (χ3n) is 6.58. The summed E-state index contributed by atoms with van der Waals surface area (Å²) in [6.07, 6.45) is 7.51. The molecule has 170 valence electrons. The zero-order valence-corrected chi connectivity index (χ0v) is 21.6. The van der Waals surface area contributed by atoms with E-state index >= 15 is 0 Å². The first-order valence-electron chi connectivity index (χ1n) is 11.7. The maximum Gasteiger partial charge on any atom is 0.273 e. The Morgan fingerprint density at radius 2 is 1.70 bits per heavy atom. The van der Waals surface area contributed by atoms with Crippen molar-refractivity contribution in [1.82, 2.24) is 0 Å². The molecule has 0 radical (unpaired) electrons. The molecular weight excluding hydrogens is 390 g/mol. The van der Waals surface area contributed by atoms with Crippen molar-refractivity contribution in [2.24, 2.45) is 17.3 Å². The number of nitro groups is 1. The van der Waals surface area contributed by atoms with Gasteiger partial charge in [-0.15, -0.1) is 0 Å². The number of nitrogens with zero attached hydrogens (tertiary/aromatic N) is 1. The van der Waals surface area contributed by atoms with Gasteiger partial charge in [-0.3, -0.25) is 10.1 Å². The van der Waals surface area contributed by atoms with E-state index in [4.69, 9.17) is 4.43 Å². The van der Waals surface area contributed by atoms with Gasteiger partial charge >= 0.3 is 0 Å². The van der Waals surface area contributed by atoms with Crippen LogP contribution in [0.25, 0.3) is 0 Å². The molecule has 4 nitrogen and oxygen atoms in total. The zero-order valence-electron chi connectivity index (χ0n) is 20.5. The summed E-state index contributed by atoms with van der Waals surface area (Å²) < 4.78 is 6.71. The molecule has 0 spiro atoms. The highest BCUT2D eigenvalue weighted by molar-refractivity contribution is 6.48. The third-order valence-corrected chi connectivity index (χ3v) is 7.43. The summed E-state index contributed by atoms with van der Waals surface area (Å²) >= 11 is 0. The van der Waals surface area contributed by atoms with Gasteiger partial charge in [0, 0.05) is 11.6 Å². The Bertz CT molecular complexity index is 712. The second-order valence-electron chi connectivity index (χ2n) is 11.6. The fraction of sp³-hybridized carbons (Fsp3) is 0.760. The van der Waals surface area contributed by atoms with Crippen LogP contribution in [-0.4, -0.2) is 20.1 Å². The van der Waals surface area contributed by atoms with Crippen LogP contribution in [0.2, 0.25) is 13.1 Å². The van der Waals surface area contributed by atoms with E-state index in [9.17, 15) is 10.1 Å². The first-order valence-corrected chi connectivity index (χ1v) is 14.5. The van der Waals surface area contributed by atoms with Gasteiger partial charge in [-0.2, -0.15) is 0 Å². The number of nitro benzene ring substituents is 1. The highest BCUT2D eigenvalue weighted by Crippen LogP contribution is 2.41. The van der Waals surface area contributed by atoms with E-state index < -0.39 is 9.04 Å². The van der Waals surface area contributed by atoms with Gasteiger partial charge in [-0.1, -0.05) is 72.9 Å². The highest BCUT2D eigenvalue weighted by atomic mass is 28.3. The lowest BCUT2D eigenvalue weighted by Crippen LogP contribution is -2.43. The molecule has 5 heteroatoms. The minimum Gasteiger partial charge on any atom is -0.417 e. The second kappa shape index (κ2) is 9.95. The van der Waals surface area contributed by atoms with Gasteiger partial charge in [0.05, 0.1) is 11.0 Å². The summed E-state index contributed by atoms with van der Waals surface area (Å²) in [6.45, 7) is 17.5. The van der Waals surface area contributed by atoms with E-state index in [0.717, 1.165) is 17.5 Å². The smallest absolute Gasteiger partial charge is 0.273 e. The molecule has 1 fully saturated rings. The van der Waals surface area contributed by atoms with E-state index in [0.29, 0.717) is 11.8 Å². The first kappa shape index (κ1) is 25.1. The Kier molecular flexibility index (Phi) is 8.31. The molecule has 2 rings (SSSR count). The average molecular weight is 434 g/mol. The molecule has 0 aliphatic heterocycles. The molecule has 1 aliphatic rings. The molecule has 0 heterocycles. The zero-order chi connectivity index (χ0) is 22.7. The van der Waals surface area contributed by atoms with Crippen LogP contribution < -0.4 is 0 Å². The average Bonchev–Trinajstić information content (AvgIpc) is 2.63. The van der Waals surface area contributed by atoms with Crippen LogP contribution in [0.5, 0.6) is 0 Å². The molecule has 0 saturated heterocycles. The summed E-state index contributed by atoms with van der Waals surface area (Å²) in [5, 5.41) is 11.8. The topological polar surface area (TPSA) is 52.4 Å². The number of rotatable bonds is 7. The largest absolute Gasteiger partial charge is 0.417 e. The van der Waals surface area contributed by atoms with E-state index in [1.807, 2.05) is 32.9 Å². The monoisotopic (exact) mass is 433 g/mol. The molecule has 0 amide bonds. The maximum absolute atomic E-state index is 11.8. The summed E-state index contributed by atoms with van der Waals surface area (Å²) in [5.74, 6) is 0.956. The Morgan fingerprint density at radius 3 is 2.17 bits per heavy atom. The molecule has 0 N–H and O–H groups in total. The molecule has 2 atom stereocenters. The Hall–Kier alpha value is -1.20. The van der Waals surface area contributed by atoms with Crippen molar-refractivity contribution in [1.29, 1.82) is 0 Å².